The lowest BCUT2D eigenvalue weighted by molar-refractivity contribution is -0.117. The summed E-state index contributed by atoms with van der Waals surface area (Å²) in [6, 6.07) is 18.9. The van der Waals surface area contributed by atoms with E-state index in [0.29, 0.717) is 52.7 Å². The van der Waals surface area contributed by atoms with Gasteiger partial charge in [-0.05, 0) is 40.8 Å². The minimum Gasteiger partial charge on any atom is -0.503 e. The van der Waals surface area contributed by atoms with Gasteiger partial charge >= 0.3 is 0 Å². The number of nitrogens with zero attached hydrogens (tertiary/aromatic N) is 1. The number of fused-ring (bicyclic) bond motifs is 2. The van der Waals surface area contributed by atoms with Crippen LogP contribution in [0, 0.1) is 0 Å². The van der Waals surface area contributed by atoms with Crippen molar-refractivity contribution in [1.82, 2.24) is 0 Å². The summed E-state index contributed by atoms with van der Waals surface area (Å²) in [5, 5.41) is 11.9. The molecule has 0 saturated heterocycles. The maximum atomic E-state index is 14.0. The summed E-state index contributed by atoms with van der Waals surface area (Å²) < 4.78 is 22.7. The topological polar surface area (TPSA) is 98.4 Å². The van der Waals surface area contributed by atoms with Crippen LogP contribution in [0.4, 0.5) is 5.69 Å². The first kappa shape index (κ1) is 25.6. The quantitative estimate of drug-likeness (QED) is 0.298. The van der Waals surface area contributed by atoms with Gasteiger partial charge in [0.2, 0.25) is 5.78 Å². The average Bonchev–Trinajstić information content (AvgIpc) is 3.51. The van der Waals surface area contributed by atoms with Gasteiger partial charge in [0.05, 0.1) is 18.7 Å². The van der Waals surface area contributed by atoms with Crippen LogP contribution in [-0.2, 0) is 10.2 Å². The molecule has 1 unspecified atom stereocenters. The number of rotatable bonds is 5. The van der Waals surface area contributed by atoms with Crippen molar-refractivity contribution in [1.29, 1.82) is 0 Å². The molecule has 40 heavy (non-hydrogen) atoms. The number of para-hydroxylation sites is 1. The van der Waals surface area contributed by atoms with Crippen LogP contribution in [0.5, 0.6) is 17.2 Å². The van der Waals surface area contributed by atoms with Gasteiger partial charge in [0, 0.05) is 17.1 Å². The number of ether oxygens (including phenoxy) is 3. The number of amides is 1. The summed E-state index contributed by atoms with van der Waals surface area (Å²) in [5.74, 6) is -0.386. The largest absolute Gasteiger partial charge is 0.503 e. The zero-order valence-corrected chi connectivity index (χ0v) is 22.7. The Hall–Kier alpha value is -4.72. The van der Waals surface area contributed by atoms with Gasteiger partial charge in [0.1, 0.15) is 13.2 Å². The molecule has 8 nitrogen and oxygen atoms in total. The molecule has 4 aromatic rings. The molecule has 1 aromatic heterocycles. The zero-order chi connectivity index (χ0) is 28.2. The van der Waals surface area contributed by atoms with Gasteiger partial charge in [-0.3, -0.25) is 14.5 Å². The Labute approximate surface area is 231 Å². The molecule has 2 aliphatic heterocycles. The Morgan fingerprint density at radius 2 is 1.70 bits per heavy atom. The molecule has 1 amide bonds. The van der Waals surface area contributed by atoms with E-state index in [1.54, 1.807) is 42.5 Å². The van der Waals surface area contributed by atoms with Crippen LogP contribution in [0.1, 0.15) is 48.5 Å². The van der Waals surface area contributed by atoms with Gasteiger partial charge in [-0.1, -0.05) is 57.2 Å². The molecule has 2 aliphatic rings. The number of aliphatic hydroxyl groups excluding tert-OH is 1. The summed E-state index contributed by atoms with van der Waals surface area (Å²) >= 11 is 0. The van der Waals surface area contributed by atoms with Crippen LogP contribution in [-0.4, -0.2) is 37.1 Å². The highest BCUT2D eigenvalue weighted by Gasteiger charge is 2.45. The number of benzene rings is 3. The molecular formula is C32H29NO7. The molecule has 0 saturated carbocycles. The number of hydrogen-bond donors (Lipinski definition) is 1. The predicted octanol–water partition coefficient (Wildman–Crippen LogP) is 6.29. The second-order valence-electron chi connectivity index (χ2n) is 10.9. The van der Waals surface area contributed by atoms with Crippen molar-refractivity contribution in [2.45, 2.75) is 32.2 Å². The molecule has 1 N–H and O–H groups in total. The van der Waals surface area contributed by atoms with E-state index < -0.39 is 23.5 Å². The molecule has 8 heteroatoms. The number of anilines is 1. The number of ketones is 1. The summed E-state index contributed by atoms with van der Waals surface area (Å²) in [4.78, 5) is 29.1. The number of furan rings is 1. The van der Waals surface area contributed by atoms with Crippen LogP contribution in [0.15, 0.2) is 82.5 Å². The lowest BCUT2D eigenvalue weighted by atomic mass is 9.85. The van der Waals surface area contributed by atoms with Crippen LogP contribution >= 0.6 is 0 Å². The smallest absolute Gasteiger partial charge is 0.294 e. The standard InChI is InChI=1S/C32H29NO7/c1-32(2,3)20-10-8-18(9-11-20)27-26(28(34)25-16-19-6-5-7-23(37-4)30(19)40-25)29(35)31(36)33(27)21-12-13-22-24(17-21)39-15-14-38-22/h5-13,16-17,27,35H,14-15H2,1-4H3. The van der Waals surface area contributed by atoms with Crippen molar-refractivity contribution in [3.63, 3.8) is 0 Å². The SMILES string of the molecule is COc1cccc2cc(C(=O)C3=C(O)C(=O)N(c4ccc5c(c4)OCCO5)C3c3ccc(C(C)(C)C)cc3)oc12. The van der Waals surface area contributed by atoms with Crippen molar-refractivity contribution >= 4 is 28.3 Å². The first-order chi connectivity index (χ1) is 19.2. The molecule has 1 atom stereocenters. The van der Waals surface area contributed by atoms with Crippen LogP contribution in [0.2, 0.25) is 0 Å². The lowest BCUT2D eigenvalue weighted by Gasteiger charge is -2.29. The van der Waals surface area contributed by atoms with Crippen LogP contribution in [0.3, 0.4) is 0 Å². The molecule has 0 fully saturated rings. The molecule has 0 aliphatic carbocycles. The molecule has 3 aromatic carbocycles. The number of Topliss-reactive ketones (excluding diaryl/α,β-unsaturated/α-hetero) is 1. The second-order valence-corrected chi connectivity index (χ2v) is 10.9. The lowest BCUT2D eigenvalue weighted by Crippen LogP contribution is -2.31. The summed E-state index contributed by atoms with van der Waals surface area (Å²) in [6.07, 6.45) is 0. The molecular weight excluding hydrogens is 510 g/mol. The first-order valence-corrected chi connectivity index (χ1v) is 13.1. The van der Waals surface area contributed by atoms with Gasteiger partial charge in [-0.25, -0.2) is 0 Å². The number of methoxy groups -OCH3 is 1. The second kappa shape index (κ2) is 9.48. The van der Waals surface area contributed by atoms with E-state index >= 15 is 0 Å². The van der Waals surface area contributed by atoms with Crippen LogP contribution in [0.25, 0.3) is 11.0 Å². The summed E-state index contributed by atoms with van der Waals surface area (Å²) in [5.41, 5.74) is 2.46. The Balaban J connectivity index is 1.48. The predicted molar refractivity (Wildman–Crippen MR) is 150 cm³/mol. The third-order valence-electron chi connectivity index (χ3n) is 7.30. The Kier molecular flexibility index (Phi) is 6.06. The van der Waals surface area contributed by atoms with E-state index in [1.165, 1.54) is 12.0 Å². The van der Waals surface area contributed by atoms with Gasteiger partial charge in [-0.15, -0.1) is 0 Å². The van der Waals surface area contributed by atoms with E-state index in [1.807, 2.05) is 24.3 Å². The maximum Gasteiger partial charge on any atom is 0.294 e. The third-order valence-corrected chi connectivity index (χ3v) is 7.30. The number of carbonyl (C=O) groups is 2. The van der Waals surface area contributed by atoms with Crippen molar-refractivity contribution in [2.75, 3.05) is 25.2 Å². The minimum absolute atomic E-state index is 0.00538. The van der Waals surface area contributed by atoms with Crippen molar-refractivity contribution in [3.8, 4) is 17.2 Å². The highest BCUT2D eigenvalue weighted by Crippen LogP contribution is 2.45. The molecule has 3 heterocycles. The highest BCUT2D eigenvalue weighted by molar-refractivity contribution is 6.20. The average molecular weight is 540 g/mol. The van der Waals surface area contributed by atoms with Crippen molar-refractivity contribution < 1.29 is 33.3 Å². The van der Waals surface area contributed by atoms with Gasteiger partial charge in [0.15, 0.2) is 34.4 Å². The third kappa shape index (κ3) is 4.16. The maximum absolute atomic E-state index is 14.0. The van der Waals surface area contributed by atoms with Crippen molar-refractivity contribution in [2.24, 2.45) is 0 Å². The fourth-order valence-corrected chi connectivity index (χ4v) is 5.21. The van der Waals surface area contributed by atoms with E-state index in [0.717, 1.165) is 5.56 Å². The van der Waals surface area contributed by atoms with Gasteiger partial charge in [-0.2, -0.15) is 0 Å². The van der Waals surface area contributed by atoms with Crippen LogP contribution < -0.4 is 19.1 Å². The fourth-order valence-electron chi connectivity index (χ4n) is 5.21. The van der Waals surface area contributed by atoms with Gasteiger partial charge < -0.3 is 23.7 Å². The molecule has 0 bridgehead atoms. The normalized spacial score (nSPS) is 17.1. The van der Waals surface area contributed by atoms with E-state index in [2.05, 4.69) is 20.8 Å². The number of hydrogen-bond acceptors (Lipinski definition) is 7. The first-order valence-electron chi connectivity index (χ1n) is 13.1. The molecule has 6 rings (SSSR count). The molecule has 0 spiro atoms. The van der Waals surface area contributed by atoms with Gasteiger partial charge in [0.25, 0.3) is 5.91 Å². The fraction of sp³-hybridized carbons (Fsp3) is 0.250. The Morgan fingerprint density at radius 3 is 2.40 bits per heavy atom. The highest BCUT2D eigenvalue weighted by atomic mass is 16.6. The Morgan fingerprint density at radius 1 is 0.975 bits per heavy atom. The monoisotopic (exact) mass is 539 g/mol. The molecule has 0 radical (unpaired) electrons. The van der Waals surface area contributed by atoms with E-state index in [4.69, 9.17) is 18.6 Å². The Bertz CT molecular complexity index is 1670. The number of carbonyl (C=O) groups excluding carboxylic acids is 2. The zero-order valence-electron chi connectivity index (χ0n) is 22.7. The summed E-state index contributed by atoms with van der Waals surface area (Å²) in [6.45, 7) is 7.14. The van der Waals surface area contributed by atoms with Crippen molar-refractivity contribution in [3.05, 3.63) is 94.9 Å². The molecule has 204 valence electrons. The minimum atomic E-state index is -0.910. The van der Waals surface area contributed by atoms with E-state index in [-0.39, 0.29) is 16.7 Å². The van der Waals surface area contributed by atoms with E-state index in [9.17, 15) is 14.7 Å². The summed E-state index contributed by atoms with van der Waals surface area (Å²) in [7, 11) is 1.52. The number of aliphatic hydroxyl groups is 1.